The van der Waals surface area contributed by atoms with E-state index in [4.69, 9.17) is 0 Å². The first-order valence-electron chi connectivity index (χ1n) is 8.28. The van der Waals surface area contributed by atoms with E-state index in [2.05, 4.69) is 12.2 Å². The summed E-state index contributed by atoms with van der Waals surface area (Å²) < 4.78 is 0. The molecule has 0 aliphatic carbocycles. The summed E-state index contributed by atoms with van der Waals surface area (Å²) in [5.74, 6) is -0.746. The molecular weight excluding hydrogens is 268 g/mol. The molecule has 5 heteroatoms. The molecule has 0 aromatic heterocycles. The zero-order valence-corrected chi connectivity index (χ0v) is 13.3. The van der Waals surface area contributed by atoms with Crippen LogP contribution in [0.4, 0.5) is 0 Å². The Labute approximate surface area is 127 Å². The first-order valence-corrected chi connectivity index (χ1v) is 8.28. The lowest BCUT2D eigenvalue weighted by Crippen LogP contribution is -2.58. The molecule has 0 spiro atoms. The smallest absolute Gasteiger partial charge is 0.329 e. The van der Waals surface area contributed by atoms with Gasteiger partial charge in [-0.25, -0.2) is 4.79 Å². The van der Waals surface area contributed by atoms with Crippen LogP contribution in [0, 0.1) is 5.41 Å². The van der Waals surface area contributed by atoms with Crippen LogP contribution in [0.25, 0.3) is 0 Å². The minimum atomic E-state index is -0.970. The molecule has 1 atom stereocenters. The van der Waals surface area contributed by atoms with Crippen LogP contribution >= 0.6 is 0 Å². The topological polar surface area (TPSA) is 69.6 Å². The van der Waals surface area contributed by atoms with Gasteiger partial charge < -0.3 is 15.3 Å². The molecule has 21 heavy (non-hydrogen) atoms. The van der Waals surface area contributed by atoms with Gasteiger partial charge in [-0.1, -0.05) is 20.3 Å². The van der Waals surface area contributed by atoms with Gasteiger partial charge in [0.15, 0.2) is 0 Å². The Morgan fingerprint density at radius 2 is 1.86 bits per heavy atom. The van der Waals surface area contributed by atoms with Gasteiger partial charge in [-0.15, -0.1) is 0 Å². The highest BCUT2D eigenvalue weighted by Crippen LogP contribution is 2.42. The van der Waals surface area contributed by atoms with Crippen LogP contribution in [0.2, 0.25) is 0 Å². The van der Waals surface area contributed by atoms with Gasteiger partial charge in [-0.2, -0.15) is 0 Å². The summed E-state index contributed by atoms with van der Waals surface area (Å²) in [4.78, 5) is 26.7. The molecule has 2 N–H and O–H groups in total. The maximum atomic E-state index is 13.2. The van der Waals surface area contributed by atoms with Crippen LogP contribution in [0.3, 0.4) is 0 Å². The number of rotatable bonds is 5. The number of nitrogens with zero attached hydrogens (tertiary/aromatic N) is 1. The highest BCUT2D eigenvalue weighted by atomic mass is 16.4. The fourth-order valence-corrected chi connectivity index (χ4v) is 4.16. The predicted octanol–water partition coefficient (Wildman–Crippen LogP) is 2.01. The van der Waals surface area contributed by atoms with Crippen LogP contribution in [0.15, 0.2) is 0 Å². The molecule has 120 valence electrons. The molecule has 2 fully saturated rings. The van der Waals surface area contributed by atoms with Crippen LogP contribution in [-0.4, -0.2) is 47.1 Å². The summed E-state index contributed by atoms with van der Waals surface area (Å²) in [6, 6.07) is 0. The van der Waals surface area contributed by atoms with E-state index in [1.54, 1.807) is 4.90 Å². The lowest BCUT2D eigenvalue weighted by Gasteiger charge is -2.43. The lowest BCUT2D eigenvalue weighted by molar-refractivity contribution is -0.162. The van der Waals surface area contributed by atoms with Crippen LogP contribution in [0.1, 0.15) is 58.8 Å². The van der Waals surface area contributed by atoms with Gasteiger partial charge >= 0.3 is 5.97 Å². The molecule has 2 saturated heterocycles. The van der Waals surface area contributed by atoms with Crippen LogP contribution in [0.5, 0.6) is 0 Å². The zero-order valence-electron chi connectivity index (χ0n) is 13.3. The Morgan fingerprint density at radius 1 is 1.19 bits per heavy atom. The number of carbonyl (C=O) groups excluding carboxylic acids is 1. The number of hydrogen-bond donors (Lipinski definition) is 2. The Balaban J connectivity index is 2.29. The van der Waals surface area contributed by atoms with Crippen molar-refractivity contribution in [1.29, 1.82) is 0 Å². The highest BCUT2D eigenvalue weighted by molar-refractivity contribution is 5.90. The largest absolute Gasteiger partial charge is 0.479 e. The fraction of sp³-hybridized carbons (Fsp3) is 0.875. The van der Waals surface area contributed by atoms with Gasteiger partial charge in [0.25, 0.3) is 0 Å². The second kappa shape index (κ2) is 6.34. The number of nitrogens with one attached hydrogen (secondary N) is 1. The Kier molecular flexibility index (Phi) is 4.91. The van der Waals surface area contributed by atoms with Crippen molar-refractivity contribution < 1.29 is 14.7 Å². The quantitative estimate of drug-likeness (QED) is 0.814. The first-order chi connectivity index (χ1) is 10.0. The van der Waals surface area contributed by atoms with Crippen molar-refractivity contribution in [3.8, 4) is 0 Å². The number of piperidine rings is 1. The molecular formula is C16H28N2O3. The number of aliphatic carboxylic acids is 1. The summed E-state index contributed by atoms with van der Waals surface area (Å²) in [5.41, 5.74) is -1.32. The summed E-state index contributed by atoms with van der Waals surface area (Å²) in [5, 5.41) is 13.0. The third-order valence-electron chi connectivity index (χ3n) is 5.46. The normalized spacial score (nSPS) is 28.6. The van der Waals surface area contributed by atoms with Gasteiger partial charge in [-0.3, -0.25) is 4.79 Å². The monoisotopic (exact) mass is 296 g/mol. The molecule has 2 aliphatic rings. The van der Waals surface area contributed by atoms with Gasteiger partial charge in [0, 0.05) is 6.54 Å². The fourth-order valence-electron chi connectivity index (χ4n) is 4.16. The predicted molar refractivity (Wildman–Crippen MR) is 81.0 cm³/mol. The Morgan fingerprint density at radius 3 is 2.38 bits per heavy atom. The Hall–Kier alpha value is -1.10. The minimum Gasteiger partial charge on any atom is -0.479 e. The van der Waals surface area contributed by atoms with Crippen molar-refractivity contribution in [2.45, 2.75) is 64.3 Å². The number of carboxylic acids is 1. The molecule has 5 nitrogen and oxygen atoms in total. The van der Waals surface area contributed by atoms with E-state index in [1.807, 2.05) is 6.92 Å². The lowest BCUT2D eigenvalue weighted by atomic mass is 9.73. The summed E-state index contributed by atoms with van der Waals surface area (Å²) >= 11 is 0. The van der Waals surface area contributed by atoms with Crippen molar-refractivity contribution in [2.24, 2.45) is 5.41 Å². The maximum absolute atomic E-state index is 13.2. The zero-order chi connectivity index (χ0) is 15.5. The van der Waals surface area contributed by atoms with E-state index >= 15 is 0 Å². The van der Waals surface area contributed by atoms with E-state index in [1.165, 1.54) is 0 Å². The maximum Gasteiger partial charge on any atom is 0.329 e. The summed E-state index contributed by atoms with van der Waals surface area (Å²) in [7, 11) is 0. The average Bonchev–Trinajstić information content (AvgIpc) is 2.92. The van der Waals surface area contributed by atoms with E-state index in [0.717, 1.165) is 45.2 Å². The third kappa shape index (κ3) is 2.68. The standard InChI is InChI=1S/C16H28N2O3/c1-3-6-15(8-10-17-11-9-15)13(19)18-12-5-7-16(18,4-2)14(20)21/h17H,3-12H2,1-2H3,(H,20,21). The minimum absolute atomic E-state index is 0.0904. The van der Waals surface area contributed by atoms with Gasteiger partial charge in [0.05, 0.1) is 5.41 Å². The first kappa shape index (κ1) is 16.3. The Bertz CT molecular complexity index is 399. The average molecular weight is 296 g/mol. The van der Waals surface area contributed by atoms with E-state index in [-0.39, 0.29) is 11.3 Å². The molecule has 0 bridgehead atoms. The molecule has 2 aliphatic heterocycles. The molecule has 2 rings (SSSR count). The molecule has 0 radical (unpaired) electrons. The van der Waals surface area contributed by atoms with E-state index < -0.39 is 11.5 Å². The van der Waals surface area contributed by atoms with E-state index in [9.17, 15) is 14.7 Å². The number of carbonyl (C=O) groups is 2. The summed E-state index contributed by atoms with van der Waals surface area (Å²) in [6.07, 6.45) is 5.37. The van der Waals surface area contributed by atoms with E-state index in [0.29, 0.717) is 19.4 Å². The summed E-state index contributed by atoms with van der Waals surface area (Å²) in [6.45, 7) is 6.29. The number of amides is 1. The van der Waals surface area contributed by atoms with Crippen LogP contribution < -0.4 is 5.32 Å². The second-order valence-corrected chi connectivity index (χ2v) is 6.53. The number of carboxylic acid groups (broad SMARTS) is 1. The second-order valence-electron chi connectivity index (χ2n) is 6.53. The van der Waals surface area contributed by atoms with Crippen LogP contribution in [-0.2, 0) is 9.59 Å². The molecule has 1 unspecified atom stereocenters. The molecule has 0 saturated carbocycles. The molecule has 1 amide bonds. The number of hydrogen-bond acceptors (Lipinski definition) is 3. The van der Waals surface area contributed by atoms with Gasteiger partial charge in [0.2, 0.25) is 5.91 Å². The number of likely N-dealkylation sites (tertiary alicyclic amines) is 1. The highest BCUT2D eigenvalue weighted by Gasteiger charge is 2.53. The SMILES string of the molecule is CCCC1(C(=O)N2CCCC2(CC)C(=O)O)CCNCC1. The van der Waals surface area contributed by atoms with Gasteiger partial charge in [0.1, 0.15) is 5.54 Å². The molecule has 2 heterocycles. The van der Waals surface area contributed by atoms with Crippen molar-refractivity contribution >= 4 is 11.9 Å². The van der Waals surface area contributed by atoms with Crippen molar-refractivity contribution in [3.05, 3.63) is 0 Å². The van der Waals surface area contributed by atoms with Crippen molar-refractivity contribution in [3.63, 3.8) is 0 Å². The van der Waals surface area contributed by atoms with Crippen molar-refractivity contribution in [1.82, 2.24) is 10.2 Å². The molecule has 0 aromatic carbocycles. The van der Waals surface area contributed by atoms with Crippen molar-refractivity contribution in [2.75, 3.05) is 19.6 Å². The van der Waals surface area contributed by atoms with Gasteiger partial charge in [-0.05, 0) is 51.6 Å². The third-order valence-corrected chi connectivity index (χ3v) is 5.46. The molecule has 0 aromatic rings.